The fourth-order valence-electron chi connectivity index (χ4n) is 2.57. The van der Waals surface area contributed by atoms with Gasteiger partial charge in [-0.3, -0.25) is 4.99 Å². The first-order valence-electron chi connectivity index (χ1n) is 6.47. The molecule has 2 aliphatic rings. The number of rotatable bonds is 2. The lowest BCUT2D eigenvalue weighted by molar-refractivity contribution is 1.07. The van der Waals surface area contributed by atoms with E-state index in [-0.39, 0.29) is 0 Å². The lowest BCUT2D eigenvalue weighted by Crippen LogP contribution is -2.16. The fraction of sp³-hybridized carbons (Fsp3) is 0.133. The van der Waals surface area contributed by atoms with E-state index >= 15 is 0 Å². The molecule has 0 atom stereocenters. The molecule has 1 aliphatic heterocycles. The van der Waals surface area contributed by atoms with Gasteiger partial charge in [0, 0.05) is 25.2 Å². The second kappa shape index (κ2) is 4.16. The van der Waals surface area contributed by atoms with Crippen molar-refractivity contribution in [1.29, 1.82) is 0 Å². The van der Waals surface area contributed by atoms with Gasteiger partial charge in [-0.2, -0.15) is 0 Å². The van der Waals surface area contributed by atoms with E-state index in [0.717, 1.165) is 29.1 Å². The lowest BCUT2D eigenvalue weighted by Gasteiger charge is -2.18. The third-order valence-corrected chi connectivity index (χ3v) is 3.66. The molecular weight excluding hydrogens is 250 g/mol. The summed E-state index contributed by atoms with van der Waals surface area (Å²) in [7, 11) is 2.02. The molecule has 4 rings (SSSR count). The molecule has 5 nitrogen and oxygen atoms in total. The van der Waals surface area contributed by atoms with E-state index in [4.69, 9.17) is 0 Å². The molecular formula is C15H13N5. The van der Waals surface area contributed by atoms with Gasteiger partial charge in [-0.1, -0.05) is 0 Å². The Morgan fingerprint density at radius 2 is 2.20 bits per heavy atom. The number of aromatic nitrogens is 3. The molecule has 0 bridgehead atoms. The SMILES string of the molecule is CN(C1=CC2=CC=NCC2=C1)c1ncnc2[nH]ccc12. The van der Waals surface area contributed by atoms with Crippen LogP contribution in [0.1, 0.15) is 0 Å². The van der Waals surface area contributed by atoms with Crippen LogP contribution in [-0.2, 0) is 0 Å². The lowest BCUT2D eigenvalue weighted by atomic mass is 10.1. The first-order chi connectivity index (χ1) is 9.83. The molecule has 1 N–H and O–H groups in total. The van der Waals surface area contributed by atoms with Crippen LogP contribution in [0, 0.1) is 0 Å². The quantitative estimate of drug-likeness (QED) is 0.904. The zero-order chi connectivity index (χ0) is 13.5. The van der Waals surface area contributed by atoms with Crippen LogP contribution in [0.15, 0.2) is 58.7 Å². The predicted molar refractivity (Wildman–Crippen MR) is 79.9 cm³/mol. The number of aliphatic imine (C=N–C) groups is 1. The standard InChI is InChI=1S/C15H13N5/c1-20(12-6-10-2-4-16-8-11(10)7-12)15-13-3-5-17-14(13)18-9-19-15/h2-7,9H,8H2,1H3,(H,17,18,19). The fourth-order valence-corrected chi connectivity index (χ4v) is 2.57. The second-order valence-corrected chi connectivity index (χ2v) is 4.85. The highest BCUT2D eigenvalue weighted by atomic mass is 15.2. The number of dihydropyridines is 1. The number of fused-ring (bicyclic) bond motifs is 2. The summed E-state index contributed by atoms with van der Waals surface area (Å²) in [6, 6.07) is 2.00. The van der Waals surface area contributed by atoms with Crippen LogP contribution in [0.3, 0.4) is 0 Å². The van der Waals surface area contributed by atoms with Gasteiger partial charge in [0.05, 0.1) is 11.9 Å². The normalized spacial score (nSPS) is 16.8. The largest absolute Gasteiger partial charge is 0.346 e. The summed E-state index contributed by atoms with van der Waals surface area (Å²) in [6.07, 6.45) is 11.7. The number of H-pyrrole nitrogens is 1. The van der Waals surface area contributed by atoms with Crippen LogP contribution in [0.4, 0.5) is 5.82 Å². The molecule has 3 heterocycles. The summed E-state index contributed by atoms with van der Waals surface area (Å²) in [5, 5.41) is 1.02. The molecule has 0 spiro atoms. The monoisotopic (exact) mass is 263 g/mol. The average molecular weight is 263 g/mol. The number of hydrogen-bond donors (Lipinski definition) is 1. The molecule has 0 saturated heterocycles. The van der Waals surface area contributed by atoms with Gasteiger partial charge in [0.25, 0.3) is 0 Å². The molecule has 2 aromatic rings. The summed E-state index contributed by atoms with van der Waals surface area (Å²) >= 11 is 0. The van der Waals surface area contributed by atoms with E-state index in [1.807, 2.05) is 31.6 Å². The molecule has 98 valence electrons. The van der Waals surface area contributed by atoms with Gasteiger partial charge in [-0.15, -0.1) is 0 Å². The van der Waals surface area contributed by atoms with Gasteiger partial charge in [0.2, 0.25) is 0 Å². The number of hydrogen-bond acceptors (Lipinski definition) is 4. The van der Waals surface area contributed by atoms with E-state index in [2.05, 4.69) is 37.0 Å². The molecule has 0 saturated carbocycles. The summed E-state index contributed by atoms with van der Waals surface area (Å²) < 4.78 is 0. The van der Waals surface area contributed by atoms with E-state index in [1.165, 1.54) is 11.1 Å². The summed E-state index contributed by atoms with van der Waals surface area (Å²) in [5.41, 5.74) is 4.47. The number of anilines is 1. The Bertz CT molecular complexity index is 807. The maximum Gasteiger partial charge on any atom is 0.145 e. The van der Waals surface area contributed by atoms with Gasteiger partial charge in [-0.25, -0.2) is 9.97 Å². The van der Waals surface area contributed by atoms with Crippen molar-refractivity contribution < 1.29 is 0 Å². The van der Waals surface area contributed by atoms with Crippen molar-refractivity contribution in [2.45, 2.75) is 0 Å². The summed E-state index contributed by atoms with van der Waals surface area (Å²) in [4.78, 5) is 18.1. The highest BCUT2D eigenvalue weighted by molar-refractivity contribution is 5.89. The Hall–Kier alpha value is -2.69. The van der Waals surface area contributed by atoms with Crippen molar-refractivity contribution in [3.05, 3.63) is 53.7 Å². The van der Waals surface area contributed by atoms with E-state index in [1.54, 1.807) is 6.33 Å². The Morgan fingerprint density at radius 3 is 3.10 bits per heavy atom. The smallest absolute Gasteiger partial charge is 0.145 e. The van der Waals surface area contributed by atoms with Crippen molar-refractivity contribution in [2.75, 3.05) is 18.5 Å². The van der Waals surface area contributed by atoms with Crippen LogP contribution in [0.5, 0.6) is 0 Å². The highest BCUT2D eigenvalue weighted by Crippen LogP contribution is 2.31. The Kier molecular flexibility index (Phi) is 2.32. The molecule has 5 heteroatoms. The van der Waals surface area contributed by atoms with Crippen molar-refractivity contribution >= 4 is 23.1 Å². The molecule has 0 radical (unpaired) electrons. The Morgan fingerprint density at radius 1 is 1.25 bits per heavy atom. The third kappa shape index (κ3) is 1.60. The van der Waals surface area contributed by atoms with Crippen LogP contribution in [0.25, 0.3) is 11.0 Å². The zero-order valence-corrected chi connectivity index (χ0v) is 11.0. The maximum absolute atomic E-state index is 4.41. The zero-order valence-electron chi connectivity index (χ0n) is 11.0. The molecule has 20 heavy (non-hydrogen) atoms. The maximum atomic E-state index is 4.41. The minimum Gasteiger partial charge on any atom is -0.346 e. The first-order valence-corrected chi connectivity index (χ1v) is 6.47. The van der Waals surface area contributed by atoms with Crippen LogP contribution < -0.4 is 4.90 Å². The van der Waals surface area contributed by atoms with Gasteiger partial charge in [0.1, 0.15) is 17.8 Å². The van der Waals surface area contributed by atoms with Crippen LogP contribution in [0.2, 0.25) is 0 Å². The average Bonchev–Trinajstić information content (AvgIpc) is 3.12. The topological polar surface area (TPSA) is 57.2 Å². The molecule has 0 fully saturated rings. The van der Waals surface area contributed by atoms with Gasteiger partial charge in [0.15, 0.2) is 0 Å². The number of nitrogens with one attached hydrogen (secondary N) is 1. The number of likely N-dealkylation sites (N-methyl/N-ethyl adjacent to an activating group) is 1. The Labute approximate surface area is 116 Å². The third-order valence-electron chi connectivity index (χ3n) is 3.66. The number of allylic oxidation sites excluding steroid dienone is 3. The minimum atomic E-state index is 0.753. The van der Waals surface area contributed by atoms with E-state index in [9.17, 15) is 0 Å². The van der Waals surface area contributed by atoms with Crippen LogP contribution >= 0.6 is 0 Å². The van der Waals surface area contributed by atoms with Crippen molar-refractivity contribution in [3.63, 3.8) is 0 Å². The van der Waals surface area contributed by atoms with Gasteiger partial charge < -0.3 is 9.88 Å². The second-order valence-electron chi connectivity index (χ2n) is 4.85. The summed E-state index contributed by atoms with van der Waals surface area (Å²) in [6.45, 7) is 0.753. The highest BCUT2D eigenvalue weighted by Gasteiger charge is 2.19. The number of aromatic amines is 1. The molecule has 0 amide bonds. The Balaban J connectivity index is 1.77. The van der Waals surface area contributed by atoms with E-state index in [0.29, 0.717) is 0 Å². The van der Waals surface area contributed by atoms with Gasteiger partial charge in [-0.05, 0) is 35.4 Å². The number of nitrogens with zero attached hydrogens (tertiary/aromatic N) is 4. The van der Waals surface area contributed by atoms with Crippen molar-refractivity contribution in [1.82, 2.24) is 15.0 Å². The molecule has 2 aromatic heterocycles. The molecule has 0 aromatic carbocycles. The predicted octanol–water partition coefficient (Wildman–Crippen LogP) is 2.23. The van der Waals surface area contributed by atoms with Gasteiger partial charge >= 0.3 is 0 Å². The summed E-state index contributed by atoms with van der Waals surface area (Å²) in [5.74, 6) is 0.902. The van der Waals surface area contributed by atoms with E-state index < -0.39 is 0 Å². The minimum absolute atomic E-state index is 0.753. The van der Waals surface area contributed by atoms with Crippen molar-refractivity contribution in [3.8, 4) is 0 Å². The van der Waals surface area contributed by atoms with Crippen LogP contribution in [-0.4, -0.2) is 34.8 Å². The van der Waals surface area contributed by atoms with Crippen molar-refractivity contribution in [2.24, 2.45) is 4.99 Å². The first kappa shape index (κ1) is 11.2. The molecule has 0 unspecified atom stereocenters. The molecule has 1 aliphatic carbocycles.